The number of aromatic hydroxyl groups is 1. The van der Waals surface area contributed by atoms with Crippen molar-refractivity contribution in [3.63, 3.8) is 0 Å². The zero-order valence-electron chi connectivity index (χ0n) is 12.5. The van der Waals surface area contributed by atoms with E-state index in [4.69, 9.17) is 0 Å². The van der Waals surface area contributed by atoms with Crippen molar-refractivity contribution in [3.8, 4) is 5.75 Å². The van der Waals surface area contributed by atoms with Crippen LogP contribution in [0.1, 0.15) is 48.0 Å². The fraction of sp³-hybridized carbons (Fsp3) is 0.588. The third-order valence-electron chi connectivity index (χ3n) is 4.97. The van der Waals surface area contributed by atoms with Gasteiger partial charge in [-0.05, 0) is 50.3 Å². The second-order valence-corrected chi connectivity index (χ2v) is 6.39. The monoisotopic (exact) mass is 289 g/mol. The third kappa shape index (κ3) is 2.64. The third-order valence-corrected chi connectivity index (χ3v) is 4.97. The molecule has 1 heterocycles. The van der Waals surface area contributed by atoms with E-state index < -0.39 is 0 Å². The molecule has 0 radical (unpaired) electrons. The molecule has 1 aliphatic carbocycles. The number of phenols is 1. The second kappa shape index (κ2) is 5.68. The number of aryl methyl sites for hydroxylation is 1. The van der Waals surface area contributed by atoms with Crippen LogP contribution in [-0.4, -0.2) is 39.7 Å². The number of rotatable bonds is 2. The van der Waals surface area contributed by atoms with Gasteiger partial charge in [0.2, 0.25) is 0 Å². The molecule has 2 fully saturated rings. The van der Waals surface area contributed by atoms with Crippen LogP contribution in [0.2, 0.25) is 0 Å². The predicted octanol–water partition coefficient (Wildman–Crippen LogP) is 2.47. The molecule has 4 nitrogen and oxygen atoms in total. The second-order valence-electron chi connectivity index (χ2n) is 6.39. The molecule has 1 saturated carbocycles. The molecule has 1 amide bonds. The largest absolute Gasteiger partial charge is 0.507 e. The van der Waals surface area contributed by atoms with E-state index >= 15 is 0 Å². The van der Waals surface area contributed by atoms with E-state index in [1.807, 2.05) is 17.9 Å². The maximum absolute atomic E-state index is 12.7. The minimum atomic E-state index is -0.282. The van der Waals surface area contributed by atoms with Gasteiger partial charge in [0.15, 0.2) is 0 Å². The molecule has 3 rings (SSSR count). The van der Waals surface area contributed by atoms with Crippen molar-refractivity contribution in [2.45, 2.75) is 51.2 Å². The van der Waals surface area contributed by atoms with E-state index in [0.29, 0.717) is 5.56 Å². The Morgan fingerprint density at radius 1 is 1.24 bits per heavy atom. The first-order valence-electron chi connectivity index (χ1n) is 7.86. The van der Waals surface area contributed by atoms with Gasteiger partial charge in [-0.3, -0.25) is 4.79 Å². The summed E-state index contributed by atoms with van der Waals surface area (Å²) in [4.78, 5) is 14.6. The van der Waals surface area contributed by atoms with Crippen molar-refractivity contribution in [2.24, 2.45) is 5.92 Å². The van der Waals surface area contributed by atoms with Gasteiger partial charge in [0.25, 0.3) is 5.91 Å². The van der Waals surface area contributed by atoms with E-state index in [9.17, 15) is 15.0 Å². The van der Waals surface area contributed by atoms with Gasteiger partial charge >= 0.3 is 0 Å². The van der Waals surface area contributed by atoms with E-state index in [-0.39, 0.29) is 29.7 Å². The molecule has 3 unspecified atom stereocenters. The highest BCUT2D eigenvalue weighted by Crippen LogP contribution is 2.37. The fourth-order valence-electron chi connectivity index (χ4n) is 3.89. The minimum Gasteiger partial charge on any atom is -0.507 e. The molecule has 0 spiro atoms. The highest BCUT2D eigenvalue weighted by atomic mass is 16.3. The maximum atomic E-state index is 12.7. The molecule has 1 aliphatic heterocycles. The first kappa shape index (κ1) is 14.4. The number of nitrogens with zero attached hydrogens (tertiary/aromatic N) is 1. The molecule has 114 valence electrons. The summed E-state index contributed by atoms with van der Waals surface area (Å²) in [5, 5.41) is 20.2. The van der Waals surface area contributed by atoms with Gasteiger partial charge in [0.1, 0.15) is 5.75 Å². The lowest BCUT2D eigenvalue weighted by Gasteiger charge is -2.31. The predicted molar refractivity (Wildman–Crippen MR) is 80.3 cm³/mol. The van der Waals surface area contributed by atoms with Crippen molar-refractivity contribution in [2.75, 3.05) is 6.54 Å². The SMILES string of the molecule is Cc1ccc(C(=O)N2CCCC2C2CCCC2O)c(O)c1. The summed E-state index contributed by atoms with van der Waals surface area (Å²) in [5.41, 5.74) is 1.31. The van der Waals surface area contributed by atoms with Crippen LogP contribution in [0.25, 0.3) is 0 Å². The minimum absolute atomic E-state index is 0.0534. The Labute approximate surface area is 125 Å². The van der Waals surface area contributed by atoms with Crippen LogP contribution >= 0.6 is 0 Å². The smallest absolute Gasteiger partial charge is 0.257 e. The Morgan fingerprint density at radius 3 is 2.71 bits per heavy atom. The number of benzene rings is 1. The number of hydrogen-bond acceptors (Lipinski definition) is 3. The molecule has 1 aromatic carbocycles. The fourth-order valence-corrected chi connectivity index (χ4v) is 3.89. The van der Waals surface area contributed by atoms with Gasteiger partial charge in [-0.25, -0.2) is 0 Å². The van der Waals surface area contributed by atoms with Gasteiger partial charge in [0.05, 0.1) is 11.7 Å². The lowest BCUT2D eigenvalue weighted by Crippen LogP contribution is -2.42. The number of aliphatic hydroxyl groups excluding tert-OH is 1. The van der Waals surface area contributed by atoms with Crippen molar-refractivity contribution < 1.29 is 15.0 Å². The van der Waals surface area contributed by atoms with Gasteiger partial charge in [-0.15, -0.1) is 0 Å². The average Bonchev–Trinajstić information content (AvgIpc) is 3.06. The van der Waals surface area contributed by atoms with Gasteiger partial charge < -0.3 is 15.1 Å². The number of hydrogen-bond donors (Lipinski definition) is 2. The molecule has 2 N–H and O–H groups in total. The number of carbonyl (C=O) groups is 1. The van der Waals surface area contributed by atoms with Crippen molar-refractivity contribution >= 4 is 5.91 Å². The summed E-state index contributed by atoms with van der Waals surface area (Å²) in [7, 11) is 0. The first-order chi connectivity index (χ1) is 10.1. The molecule has 3 atom stereocenters. The van der Waals surface area contributed by atoms with Crippen LogP contribution in [0.5, 0.6) is 5.75 Å². The quantitative estimate of drug-likeness (QED) is 0.879. The molecule has 21 heavy (non-hydrogen) atoms. The highest BCUT2D eigenvalue weighted by molar-refractivity contribution is 5.97. The Bertz CT molecular complexity index is 543. The lowest BCUT2D eigenvalue weighted by atomic mass is 9.93. The molecular weight excluding hydrogens is 266 g/mol. The van der Waals surface area contributed by atoms with E-state index in [0.717, 1.165) is 44.2 Å². The van der Waals surface area contributed by atoms with Crippen molar-refractivity contribution in [3.05, 3.63) is 29.3 Å². The van der Waals surface area contributed by atoms with Crippen LogP contribution in [-0.2, 0) is 0 Å². The summed E-state index contributed by atoms with van der Waals surface area (Å²) < 4.78 is 0. The van der Waals surface area contributed by atoms with Crippen LogP contribution in [0.3, 0.4) is 0 Å². The van der Waals surface area contributed by atoms with Crippen LogP contribution in [0.4, 0.5) is 0 Å². The number of aliphatic hydroxyl groups is 1. The molecule has 2 aliphatic rings. The average molecular weight is 289 g/mol. The Morgan fingerprint density at radius 2 is 2.05 bits per heavy atom. The van der Waals surface area contributed by atoms with Crippen LogP contribution < -0.4 is 0 Å². The zero-order valence-corrected chi connectivity index (χ0v) is 12.5. The number of phenolic OH excluding ortho intramolecular Hbond substituents is 1. The molecular formula is C17H23NO3. The topological polar surface area (TPSA) is 60.8 Å². The lowest BCUT2D eigenvalue weighted by molar-refractivity contribution is 0.0525. The van der Waals surface area contributed by atoms with Crippen LogP contribution in [0.15, 0.2) is 18.2 Å². The normalized spacial score (nSPS) is 29.0. The Hall–Kier alpha value is -1.55. The molecule has 1 saturated heterocycles. The Balaban J connectivity index is 1.82. The summed E-state index contributed by atoms with van der Waals surface area (Å²) in [5.74, 6) is 0.149. The molecule has 1 aromatic rings. The number of carbonyl (C=O) groups excluding carboxylic acids is 1. The summed E-state index contributed by atoms with van der Waals surface area (Å²) in [6, 6.07) is 5.30. The van der Waals surface area contributed by atoms with E-state index in [1.165, 1.54) is 0 Å². The summed E-state index contributed by atoms with van der Waals surface area (Å²) >= 11 is 0. The number of likely N-dealkylation sites (tertiary alicyclic amines) is 1. The number of amides is 1. The van der Waals surface area contributed by atoms with Gasteiger partial charge in [-0.2, -0.15) is 0 Å². The van der Waals surface area contributed by atoms with E-state index in [2.05, 4.69) is 0 Å². The molecule has 0 bridgehead atoms. The Kier molecular flexibility index (Phi) is 3.89. The van der Waals surface area contributed by atoms with Gasteiger partial charge in [0, 0.05) is 18.5 Å². The zero-order chi connectivity index (χ0) is 15.0. The standard InChI is InChI=1S/C17H23NO3/c1-11-7-8-13(16(20)10-11)17(21)18-9-3-5-14(18)12-4-2-6-15(12)19/h7-8,10,12,14-15,19-20H,2-6,9H2,1H3. The van der Waals surface area contributed by atoms with Crippen molar-refractivity contribution in [1.82, 2.24) is 4.90 Å². The first-order valence-corrected chi connectivity index (χ1v) is 7.86. The summed E-state index contributed by atoms with van der Waals surface area (Å²) in [6.45, 7) is 2.61. The van der Waals surface area contributed by atoms with Gasteiger partial charge in [-0.1, -0.05) is 12.5 Å². The van der Waals surface area contributed by atoms with Crippen LogP contribution in [0, 0.1) is 12.8 Å². The molecule has 4 heteroatoms. The molecule has 0 aromatic heterocycles. The van der Waals surface area contributed by atoms with Crippen molar-refractivity contribution in [1.29, 1.82) is 0 Å². The maximum Gasteiger partial charge on any atom is 0.257 e. The highest BCUT2D eigenvalue weighted by Gasteiger charge is 2.40. The summed E-state index contributed by atoms with van der Waals surface area (Å²) in [6.07, 6.45) is 4.54. The van der Waals surface area contributed by atoms with E-state index in [1.54, 1.807) is 12.1 Å².